The van der Waals surface area contributed by atoms with E-state index < -0.39 is 29.7 Å². The molecule has 3 aliphatic rings. The van der Waals surface area contributed by atoms with Gasteiger partial charge >= 0.3 is 0 Å². The summed E-state index contributed by atoms with van der Waals surface area (Å²) in [7, 11) is 0. The summed E-state index contributed by atoms with van der Waals surface area (Å²) in [6.07, 6.45) is 1.89. The van der Waals surface area contributed by atoms with Crippen molar-refractivity contribution in [3.05, 3.63) is 70.8 Å². The fraction of sp³-hybridized carbons (Fsp3) is 0.250. The SMILES string of the molecule is O=C1CCC(N2Cc3ccc(-n4cc(C(=O)NC5COc6c(F)cccc65)nn4)cc3C2=O)C(=O)N1. The number of carbonyl (C=O) groups excluding carboxylic acids is 4. The Morgan fingerprint density at radius 2 is 2.06 bits per heavy atom. The largest absolute Gasteiger partial charge is 0.488 e. The van der Waals surface area contributed by atoms with E-state index in [1.807, 2.05) is 0 Å². The van der Waals surface area contributed by atoms with Crippen LogP contribution >= 0.6 is 0 Å². The minimum atomic E-state index is -0.703. The molecule has 182 valence electrons. The number of amides is 4. The highest BCUT2D eigenvalue weighted by molar-refractivity contribution is 6.05. The van der Waals surface area contributed by atoms with Crippen molar-refractivity contribution in [1.82, 2.24) is 30.5 Å². The molecule has 0 saturated carbocycles. The van der Waals surface area contributed by atoms with Gasteiger partial charge in [-0.05, 0) is 30.2 Å². The number of benzene rings is 2. The van der Waals surface area contributed by atoms with Crippen molar-refractivity contribution in [2.75, 3.05) is 6.61 Å². The summed E-state index contributed by atoms with van der Waals surface area (Å²) in [5, 5.41) is 13.0. The number of nitrogens with one attached hydrogen (secondary N) is 2. The molecule has 0 bridgehead atoms. The third-order valence-electron chi connectivity index (χ3n) is 6.57. The number of piperidine rings is 1. The van der Waals surface area contributed by atoms with E-state index in [9.17, 15) is 23.6 Å². The first-order valence-electron chi connectivity index (χ1n) is 11.3. The quantitative estimate of drug-likeness (QED) is 0.522. The first-order valence-corrected chi connectivity index (χ1v) is 11.3. The van der Waals surface area contributed by atoms with Crippen LogP contribution < -0.4 is 15.4 Å². The van der Waals surface area contributed by atoms with Crippen LogP contribution in [0.4, 0.5) is 4.39 Å². The van der Waals surface area contributed by atoms with Crippen LogP contribution in [0, 0.1) is 5.82 Å². The lowest BCUT2D eigenvalue weighted by Gasteiger charge is -2.29. The number of aromatic nitrogens is 3. The summed E-state index contributed by atoms with van der Waals surface area (Å²) in [5.41, 5.74) is 2.26. The third kappa shape index (κ3) is 3.58. The van der Waals surface area contributed by atoms with Gasteiger partial charge in [0.15, 0.2) is 17.3 Å². The molecule has 2 atom stereocenters. The van der Waals surface area contributed by atoms with Crippen molar-refractivity contribution in [3.63, 3.8) is 0 Å². The van der Waals surface area contributed by atoms with Gasteiger partial charge in [-0.25, -0.2) is 9.07 Å². The molecule has 2 unspecified atom stereocenters. The Labute approximate surface area is 203 Å². The molecule has 0 aliphatic carbocycles. The van der Waals surface area contributed by atoms with Gasteiger partial charge in [-0.1, -0.05) is 23.4 Å². The molecule has 2 aromatic carbocycles. The van der Waals surface area contributed by atoms with Crippen LogP contribution in [0.5, 0.6) is 5.75 Å². The molecule has 4 amide bonds. The maximum Gasteiger partial charge on any atom is 0.274 e. The lowest BCUT2D eigenvalue weighted by Crippen LogP contribution is -2.52. The lowest BCUT2D eigenvalue weighted by atomic mass is 10.0. The average molecular weight is 490 g/mol. The minimum Gasteiger partial charge on any atom is -0.488 e. The molecule has 6 rings (SSSR count). The number of hydrogen-bond donors (Lipinski definition) is 2. The molecule has 1 fully saturated rings. The van der Waals surface area contributed by atoms with Crippen molar-refractivity contribution in [2.24, 2.45) is 0 Å². The summed E-state index contributed by atoms with van der Waals surface area (Å²) in [6, 6.07) is 8.43. The molecule has 12 heteroatoms. The molecule has 0 spiro atoms. The fourth-order valence-electron chi connectivity index (χ4n) is 4.74. The fourth-order valence-corrected chi connectivity index (χ4v) is 4.74. The molecular formula is C24H19FN6O5. The number of hydrogen-bond acceptors (Lipinski definition) is 7. The normalized spacial score (nSPS) is 20.6. The Hall–Kier alpha value is -4.61. The summed E-state index contributed by atoms with van der Waals surface area (Å²) in [5.74, 6) is -2.00. The molecule has 1 saturated heterocycles. The van der Waals surface area contributed by atoms with Crippen LogP contribution in [0.1, 0.15) is 50.9 Å². The van der Waals surface area contributed by atoms with E-state index in [0.717, 1.165) is 5.56 Å². The molecular weight excluding hydrogens is 471 g/mol. The average Bonchev–Trinajstić information content (AvgIpc) is 3.58. The molecule has 0 radical (unpaired) electrons. The predicted octanol–water partition coefficient (Wildman–Crippen LogP) is 1.03. The summed E-state index contributed by atoms with van der Waals surface area (Å²) in [6.45, 7) is 0.365. The number of ether oxygens (including phenoxy) is 1. The van der Waals surface area contributed by atoms with Crippen molar-refractivity contribution in [1.29, 1.82) is 0 Å². The van der Waals surface area contributed by atoms with E-state index >= 15 is 0 Å². The number of nitrogens with zero attached hydrogens (tertiary/aromatic N) is 4. The maximum atomic E-state index is 13.9. The zero-order chi connectivity index (χ0) is 25.0. The van der Waals surface area contributed by atoms with E-state index in [1.165, 1.54) is 21.8 Å². The number of rotatable bonds is 4. The second kappa shape index (κ2) is 8.26. The van der Waals surface area contributed by atoms with Crippen LogP contribution in [0.2, 0.25) is 0 Å². The molecule has 36 heavy (non-hydrogen) atoms. The topological polar surface area (TPSA) is 136 Å². The van der Waals surface area contributed by atoms with Gasteiger partial charge in [0.05, 0.1) is 17.9 Å². The standard InChI is InChI=1S/C24H19FN6O5/c25-16-3-1-2-14-18(11-36-21(14)16)26-22(33)17-10-31(29-28-17)13-5-4-12-9-30(24(35)15(12)8-13)19-6-7-20(32)27-23(19)34/h1-5,8,10,18-19H,6-7,9,11H2,(H,26,33)(H,27,32,34). The highest BCUT2D eigenvalue weighted by atomic mass is 19.1. The van der Waals surface area contributed by atoms with Crippen molar-refractivity contribution < 1.29 is 28.3 Å². The van der Waals surface area contributed by atoms with Crippen LogP contribution in [0.3, 0.4) is 0 Å². The molecule has 11 nitrogen and oxygen atoms in total. The van der Waals surface area contributed by atoms with Gasteiger partial charge < -0.3 is 15.0 Å². The maximum absolute atomic E-state index is 13.9. The molecule has 4 heterocycles. The number of halogens is 1. The van der Waals surface area contributed by atoms with Gasteiger partial charge in [0.2, 0.25) is 11.8 Å². The Balaban J connectivity index is 1.18. The number of fused-ring (bicyclic) bond motifs is 2. The van der Waals surface area contributed by atoms with Gasteiger partial charge in [-0.15, -0.1) is 5.10 Å². The second-order valence-electron chi connectivity index (χ2n) is 8.78. The Morgan fingerprint density at radius 3 is 2.89 bits per heavy atom. The van der Waals surface area contributed by atoms with E-state index in [0.29, 0.717) is 16.8 Å². The second-order valence-corrected chi connectivity index (χ2v) is 8.78. The van der Waals surface area contributed by atoms with Gasteiger partial charge in [-0.2, -0.15) is 0 Å². The number of imide groups is 1. The number of para-hydroxylation sites is 1. The van der Waals surface area contributed by atoms with Crippen LogP contribution in [0.25, 0.3) is 5.69 Å². The number of carbonyl (C=O) groups is 4. The predicted molar refractivity (Wildman–Crippen MR) is 120 cm³/mol. The van der Waals surface area contributed by atoms with E-state index in [2.05, 4.69) is 20.9 Å². The zero-order valence-corrected chi connectivity index (χ0v) is 18.7. The van der Waals surface area contributed by atoms with Crippen LogP contribution in [0.15, 0.2) is 42.6 Å². The van der Waals surface area contributed by atoms with Gasteiger partial charge in [0, 0.05) is 24.1 Å². The summed E-state index contributed by atoms with van der Waals surface area (Å²) in [4.78, 5) is 51.0. The summed E-state index contributed by atoms with van der Waals surface area (Å²) < 4.78 is 20.6. The Bertz CT molecular complexity index is 1450. The van der Waals surface area contributed by atoms with Gasteiger partial charge in [0.25, 0.3) is 11.8 Å². The monoisotopic (exact) mass is 490 g/mol. The molecule has 2 N–H and O–H groups in total. The first kappa shape index (κ1) is 21.9. The Kier molecular flexibility index (Phi) is 5.02. The highest BCUT2D eigenvalue weighted by Crippen LogP contribution is 2.34. The zero-order valence-electron chi connectivity index (χ0n) is 18.7. The van der Waals surface area contributed by atoms with Crippen molar-refractivity contribution >= 4 is 23.6 Å². The van der Waals surface area contributed by atoms with Crippen molar-refractivity contribution in [3.8, 4) is 11.4 Å². The molecule has 1 aromatic heterocycles. The van der Waals surface area contributed by atoms with E-state index in [-0.39, 0.29) is 49.3 Å². The van der Waals surface area contributed by atoms with Gasteiger partial charge in [-0.3, -0.25) is 24.5 Å². The smallest absolute Gasteiger partial charge is 0.274 e. The minimum absolute atomic E-state index is 0.0387. The van der Waals surface area contributed by atoms with Gasteiger partial charge in [0.1, 0.15) is 12.6 Å². The van der Waals surface area contributed by atoms with E-state index in [1.54, 1.807) is 30.3 Å². The van der Waals surface area contributed by atoms with E-state index in [4.69, 9.17) is 4.74 Å². The molecule has 3 aliphatic heterocycles. The first-order chi connectivity index (χ1) is 17.4. The highest BCUT2D eigenvalue weighted by Gasteiger charge is 2.39. The van der Waals surface area contributed by atoms with Crippen LogP contribution in [-0.2, 0) is 16.1 Å². The van der Waals surface area contributed by atoms with Crippen molar-refractivity contribution in [2.45, 2.75) is 31.5 Å². The Morgan fingerprint density at radius 1 is 1.19 bits per heavy atom. The summed E-state index contributed by atoms with van der Waals surface area (Å²) >= 11 is 0. The molecule has 3 aromatic rings. The lowest BCUT2D eigenvalue weighted by molar-refractivity contribution is -0.136. The third-order valence-corrected chi connectivity index (χ3v) is 6.57. The van der Waals surface area contributed by atoms with Crippen LogP contribution in [-0.4, -0.2) is 56.2 Å².